The van der Waals surface area contributed by atoms with E-state index in [1.54, 1.807) is 24.3 Å². The number of rotatable bonds is 8. The number of aryl methyl sites for hydroxylation is 1. The summed E-state index contributed by atoms with van der Waals surface area (Å²) in [5.74, 6) is -0.763. The van der Waals surface area contributed by atoms with E-state index in [-0.39, 0.29) is 23.9 Å². The molecular formula is C19H21F2N3O3. The number of halogens is 2. The minimum Gasteiger partial charge on any atom is -0.433 e. The highest BCUT2D eigenvalue weighted by atomic mass is 19.3. The zero-order valence-electron chi connectivity index (χ0n) is 15.0. The van der Waals surface area contributed by atoms with Gasteiger partial charge < -0.3 is 20.7 Å². The fourth-order valence-electron chi connectivity index (χ4n) is 2.35. The number of carbonyl (C=O) groups excluding carboxylic acids is 2. The molecule has 0 heterocycles. The van der Waals surface area contributed by atoms with Crippen LogP contribution in [0.25, 0.3) is 0 Å². The summed E-state index contributed by atoms with van der Waals surface area (Å²) >= 11 is 0. The number of hydrogen-bond acceptors (Lipinski definition) is 4. The highest BCUT2D eigenvalue weighted by molar-refractivity contribution is 5.97. The summed E-state index contributed by atoms with van der Waals surface area (Å²) in [4.78, 5) is 24.1. The quantitative estimate of drug-likeness (QED) is 0.659. The van der Waals surface area contributed by atoms with Gasteiger partial charge in [0, 0.05) is 17.8 Å². The fourth-order valence-corrected chi connectivity index (χ4v) is 2.35. The summed E-state index contributed by atoms with van der Waals surface area (Å²) in [5.41, 5.74) is 2.11. The molecule has 0 saturated heterocycles. The van der Waals surface area contributed by atoms with Gasteiger partial charge in [-0.1, -0.05) is 18.2 Å². The molecule has 8 heteroatoms. The van der Waals surface area contributed by atoms with E-state index in [0.717, 1.165) is 5.56 Å². The molecule has 0 aliphatic carbocycles. The molecule has 2 amide bonds. The van der Waals surface area contributed by atoms with Crippen LogP contribution in [0.1, 0.15) is 22.8 Å². The van der Waals surface area contributed by atoms with Gasteiger partial charge in [-0.15, -0.1) is 0 Å². The van der Waals surface area contributed by atoms with Crippen molar-refractivity contribution in [2.75, 3.05) is 23.7 Å². The summed E-state index contributed by atoms with van der Waals surface area (Å²) in [5, 5.41) is 8.18. The van der Waals surface area contributed by atoms with Crippen LogP contribution in [-0.4, -0.2) is 31.5 Å². The number of benzene rings is 2. The van der Waals surface area contributed by atoms with Crippen LogP contribution in [0.2, 0.25) is 0 Å². The van der Waals surface area contributed by atoms with Gasteiger partial charge in [0.1, 0.15) is 5.75 Å². The molecule has 2 aromatic carbocycles. The third-order valence-electron chi connectivity index (χ3n) is 3.65. The van der Waals surface area contributed by atoms with Crippen LogP contribution in [0, 0.1) is 6.92 Å². The molecule has 2 rings (SSSR count). The van der Waals surface area contributed by atoms with Crippen LogP contribution < -0.4 is 20.7 Å². The Morgan fingerprint density at radius 2 is 1.85 bits per heavy atom. The van der Waals surface area contributed by atoms with Crippen LogP contribution in [0.15, 0.2) is 42.5 Å². The van der Waals surface area contributed by atoms with Crippen molar-refractivity contribution in [3.8, 4) is 5.75 Å². The van der Waals surface area contributed by atoms with Gasteiger partial charge in [0.2, 0.25) is 5.91 Å². The average molecular weight is 377 g/mol. The predicted octanol–water partition coefficient (Wildman–Crippen LogP) is 3.40. The van der Waals surface area contributed by atoms with Crippen LogP contribution in [0.4, 0.5) is 20.2 Å². The number of carbonyl (C=O) groups is 2. The van der Waals surface area contributed by atoms with Gasteiger partial charge in [-0.25, -0.2) is 0 Å². The Balaban J connectivity index is 2.02. The van der Waals surface area contributed by atoms with Gasteiger partial charge >= 0.3 is 6.61 Å². The van der Waals surface area contributed by atoms with E-state index in [0.29, 0.717) is 17.8 Å². The molecule has 0 bridgehead atoms. The normalized spacial score (nSPS) is 10.4. The van der Waals surface area contributed by atoms with E-state index < -0.39 is 12.5 Å². The van der Waals surface area contributed by atoms with Crippen LogP contribution >= 0.6 is 0 Å². The number of alkyl halides is 2. The molecule has 0 spiro atoms. The number of amides is 2. The van der Waals surface area contributed by atoms with Crippen molar-refractivity contribution >= 4 is 23.2 Å². The van der Waals surface area contributed by atoms with E-state index in [4.69, 9.17) is 0 Å². The van der Waals surface area contributed by atoms with E-state index >= 15 is 0 Å². The number of para-hydroxylation sites is 2. The van der Waals surface area contributed by atoms with Gasteiger partial charge in [-0.05, 0) is 43.7 Å². The smallest absolute Gasteiger partial charge is 0.387 e. The Labute approximate surface area is 155 Å². The molecule has 0 unspecified atom stereocenters. The third-order valence-corrected chi connectivity index (χ3v) is 3.65. The minimum absolute atomic E-state index is 0.108. The zero-order chi connectivity index (χ0) is 19.8. The molecule has 2 aromatic rings. The topological polar surface area (TPSA) is 79.5 Å². The van der Waals surface area contributed by atoms with Gasteiger partial charge in [-0.3, -0.25) is 9.59 Å². The lowest BCUT2D eigenvalue weighted by Gasteiger charge is -2.14. The number of ether oxygens (including phenoxy) is 1. The second-order valence-corrected chi connectivity index (χ2v) is 5.67. The van der Waals surface area contributed by atoms with Crippen molar-refractivity contribution in [2.45, 2.75) is 20.5 Å². The molecule has 0 radical (unpaired) electrons. The highest BCUT2D eigenvalue weighted by Crippen LogP contribution is 2.25. The molecule has 0 aliphatic heterocycles. The molecule has 0 fully saturated rings. The Hall–Kier alpha value is -3.16. The molecule has 144 valence electrons. The average Bonchev–Trinajstić information content (AvgIpc) is 2.62. The van der Waals surface area contributed by atoms with E-state index in [9.17, 15) is 18.4 Å². The maximum absolute atomic E-state index is 12.4. The summed E-state index contributed by atoms with van der Waals surface area (Å²) in [6, 6.07) is 11.1. The van der Waals surface area contributed by atoms with Crippen LogP contribution in [0.5, 0.6) is 5.75 Å². The van der Waals surface area contributed by atoms with E-state index in [2.05, 4.69) is 20.7 Å². The van der Waals surface area contributed by atoms with Gasteiger partial charge in [0.25, 0.3) is 5.91 Å². The molecule has 0 aromatic heterocycles. The van der Waals surface area contributed by atoms with Crippen LogP contribution in [0.3, 0.4) is 0 Å². The largest absolute Gasteiger partial charge is 0.433 e. The van der Waals surface area contributed by atoms with Gasteiger partial charge in [-0.2, -0.15) is 8.78 Å². The molecule has 6 nitrogen and oxygen atoms in total. The molecule has 0 saturated carbocycles. The van der Waals surface area contributed by atoms with Crippen molar-refractivity contribution in [1.82, 2.24) is 5.32 Å². The molecule has 3 N–H and O–H groups in total. The van der Waals surface area contributed by atoms with Crippen molar-refractivity contribution in [3.63, 3.8) is 0 Å². The van der Waals surface area contributed by atoms with Crippen molar-refractivity contribution in [2.24, 2.45) is 0 Å². The Morgan fingerprint density at radius 3 is 2.56 bits per heavy atom. The maximum atomic E-state index is 12.4. The molecule has 0 aliphatic rings. The molecule has 0 atom stereocenters. The first-order chi connectivity index (χ1) is 12.9. The van der Waals surface area contributed by atoms with Crippen molar-refractivity contribution in [3.05, 3.63) is 53.6 Å². The maximum Gasteiger partial charge on any atom is 0.387 e. The van der Waals surface area contributed by atoms with E-state index in [1.165, 1.54) is 18.2 Å². The monoisotopic (exact) mass is 377 g/mol. The minimum atomic E-state index is -2.99. The number of anilines is 2. The lowest BCUT2D eigenvalue weighted by atomic mass is 10.1. The van der Waals surface area contributed by atoms with E-state index in [1.807, 2.05) is 13.8 Å². The predicted molar refractivity (Wildman–Crippen MR) is 99.4 cm³/mol. The van der Waals surface area contributed by atoms with Crippen molar-refractivity contribution in [1.29, 1.82) is 0 Å². The summed E-state index contributed by atoms with van der Waals surface area (Å²) < 4.78 is 29.2. The standard InChI is InChI=1S/C19H21F2N3O3/c1-3-22-18(26)13-9-8-12(2)15(10-13)23-11-17(25)24-14-6-4-5-7-16(14)27-19(20)21/h4-10,19,23H,3,11H2,1-2H3,(H,22,26)(H,24,25). The SMILES string of the molecule is CCNC(=O)c1ccc(C)c(NCC(=O)Nc2ccccc2OC(F)F)c1. The summed E-state index contributed by atoms with van der Waals surface area (Å²) in [7, 11) is 0. The number of nitrogens with one attached hydrogen (secondary N) is 3. The Kier molecular flexibility index (Phi) is 7.10. The Morgan fingerprint density at radius 1 is 1.11 bits per heavy atom. The van der Waals surface area contributed by atoms with Gasteiger partial charge in [0.15, 0.2) is 0 Å². The van der Waals surface area contributed by atoms with Gasteiger partial charge in [0.05, 0.1) is 12.2 Å². The first kappa shape index (κ1) is 20.2. The first-order valence-electron chi connectivity index (χ1n) is 8.37. The highest BCUT2D eigenvalue weighted by Gasteiger charge is 2.12. The summed E-state index contributed by atoms with van der Waals surface area (Å²) in [6.07, 6.45) is 0. The van der Waals surface area contributed by atoms with Crippen LogP contribution in [-0.2, 0) is 4.79 Å². The Bertz CT molecular complexity index is 813. The number of hydrogen-bond donors (Lipinski definition) is 3. The second kappa shape index (κ2) is 9.51. The fraction of sp³-hybridized carbons (Fsp3) is 0.263. The summed E-state index contributed by atoms with van der Waals surface area (Å²) in [6.45, 7) is 1.08. The molecular weight excluding hydrogens is 356 g/mol. The first-order valence-corrected chi connectivity index (χ1v) is 8.37. The lowest BCUT2D eigenvalue weighted by molar-refractivity contribution is -0.114. The third kappa shape index (κ3) is 5.95. The zero-order valence-corrected chi connectivity index (χ0v) is 15.0. The van der Waals surface area contributed by atoms with Crippen molar-refractivity contribution < 1.29 is 23.1 Å². The second-order valence-electron chi connectivity index (χ2n) is 5.67. The molecule has 27 heavy (non-hydrogen) atoms. The lowest BCUT2D eigenvalue weighted by Crippen LogP contribution is -2.24.